The quantitative estimate of drug-likeness (QED) is 0.584. The average Bonchev–Trinajstić information content (AvgIpc) is 3.17. The zero-order chi connectivity index (χ0) is 20.0. The summed E-state index contributed by atoms with van der Waals surface area (Å²) in [6.07, 6.45) is 0.320. The van der Waals surface area contributed by atoms with E-state index < -0.39 is 0 Å². The van der Waals surface area contributed by atoms with Crippen molar-refractivity contribution < 1.29 is 23.7 Å². The highest BCUT2D eigenvalue weighted by molar-refractivity contribution is 6.30. The molecule has 0 radical (unpaired) electrons. The largest absolute Gasteiger partial charge is 0.493 e. The van der Waals surface area contributed by atoms with E-state index in [2.05, 4.69) is 0 Å². The maximum atomic E-state index is 5.91. The first-order valence-corrected chi connectivity index (χ1v) is 9.76. The van der Waals surface area contributed by atoms with Gasteiger partial charge in [0.1, 0.15) is 24.2 Å². The first kappa shape index (κ1) is 20.9. The van der Waals surface area contributed by atoms with Crippen molar-refractivity contribution >= 4 is 11.6 Å². The molecule has 28 heavy (non-hydrogen) atoms. The number of halogens is 1. The zero-order valence-electron chi connectivity index (χ0n) is 16.5. The molecule has 1 saturated heterocycles. The van der Waals surface area contributed by atoms with Crippen LogP contribution in [0, 0.1) is 0 Å². The van der Waals surface area contributed by atoms with Crippen molar-refractivity contribution in [3.8, 4) is 11.5 Å². The van der Waals surface area contributed by atoms with Gasteiger partial charge in [-0.15, -0.1) is 0 Å². The van der Waals surface area contributed by atoms with Crippen LogP contribution in [0.1, 0.15) is 32.1 Å². The fourth-order valence-corrected chi connectivity index (χ4v) is 2.79. The number of rotatable bonds is 9. The SMILES string of the molecule is COC(C)(C)CCOc1ccc(OCC2COC(c3ccc(Cl)cc3)O2)cc1. The molecule has 2 aromatic carbocycles. The second-order valence-corrected chi connectivity index (χ2v) is 7.76. The van der Waals surface area contributed by atoms with E-state index >= 15 is 0 Å². The highest BCUT2D eigenvalue weighted by atomic mass is 35.5. The first-order valence-electron chi connectivity index (χ1n) is 9.38. The van der Waals surface area contributed by atoms with Gasteiger partial charge in [-0.05, 0) is 50.2 Å². The van der Waals surface area contributed by atoms with Crippen LogP contribution < -0.4 is 9.47 Å². The van der Waals surface area contributed by atoms with Crippen molar-refractivity contribution in [2.75, 3.05) is 26.9 Å². The van der Waals surface area contributed by atoms with Crippen LogP contribution in [0.4, 0.5) is 0 Å². The van der Waals surface area contributed by atoms with Crippen molar-refractivity contribution in [3.05, 3.63) is 59.1 Å². The number of hydrogen-bond acceptors (Lipinski definition) is 5. The van der Waals surface area contributed by atoms with E-state index in [1.165, 1.54) is 0 Å². The van der Waals surface area contributed by atoms with Gasteiger partial charge in [0.15, 0.2) is 6.29 Å². The fraction of sp³-hybridized carbons (Fsp3) is 0.455. The van der Waals surface area contributed by atoms with E-state index in [0.717, 1.165) is 23.5 Å². The van der Waals surface area contributed by atoms with Crippen molar-refractivity contribution in [1.29, 1.82) is 0 Å². The topological polar surface area (TPSA) is 46.2 Å². The Labute approximate surface area is 171 Å². The molecule has 1 fully saturated rings. The van der Waals surface area contributed by atoms with Gasteiger partial charge in [0.25, 0.3) is 0 Å². The summed E-state index contributed by atoms with van der Waals surface area (Å²) in [5, 5.41) is 0.691. The molecule has 152 valence electrons. The molecular formula is C22H27ClO5. The van der Waals surface area contributed by atoms with Crippen LogP contribution in [0.15, 0.2) is 48.5 Å². The normalized spacial score (nSPS) is 19.6. The van der Waals surface area contributed by atoms with Gasteiger partial charge in [-0.3, -0.25) is 0 Å². The van der Waals surface area contributed by atoms with Gasteiger partial charge in [0.05, 0.1) is 18.8 Å². The van der Waals surface area contributed by atoms with E-state index in [-0.39, 0.29) is 18.0 Å². The molecule has 6 heteroatoms. The second-order valence-electron chi connectivity index (χ2n) is 7.32. The highest BCUT2D eigenvalue weighted by Gasteiger charge is 2.27. The van der Waals surface area contributed by atoms with E-state index in [0.29, 0.717) is 24.8 Å². The third-order valence-electron chi connectivity index (χ3n) is 4.68. The molecule has 0 spiro atoms. The monoisotopic (exact) mass is 406 g/mol. The molecule has 1 heterocycles. The van der Waals surface area contributed by atoms with Crippen molar-refractivity contribution in [2.45, 2.75) is 38.3 Å². The maximum absolute atomic E-state index is 5.91. The van der Waals surface area contributed by atoms with Gasteiger partial charge in [-0.25, -0.2) is 0 Å². The second kappa shape index (κ2) is 9.61. The van der Waals surface area contributed by atoms with Crippen LogP contribution in [0.3, 0.4) is 0 Å². The third-order valence-corrected chi connectivity index (χ3v) is 4.93. The molecule has 0 bridgehead atoms. The molecule has 0 aliphatic carbocycles. The van der Waals surface area contributed by atoms with Crippen molar-refractivity contribution in [3.63, 3.8) is 0 Å². The third kappa shape index (κ3) is 6.11. The Hall–Kier alpha value is -1.79. The number of ether oxygens (including phenoxy) is 5. The molecule has 2 aromatic rings. The Bertz CT molecular complexity index is 730. The minimum absolute atomic E-state index is 0.118. The summed E-state index contributed by atoms with van der Waals surface area (Å²) in [5.74, 6) is 1.57. The lowest BCUT2D eigenvalue weighted by Gasteiger charge is -2.22. The fourth-order valence-electron chi connectivity index (χ4n) is 2.67. The summed E-state index contributed by atoms with van der Waals surface area (Å²) in [7, 11) is 1.71. The Morgan fingerprint density at radius 1 is 1.00 bits per heavy atom. The molecule has 2 unspecified atom stereocenters. The predicted molar refractivity (Wildman–Crippen MR) is 108 cm³/mol. The van der Waals surface area contributed by atoms with Crippen molar-refractivity contribution in [2.24, 2.45) is 0 Å². The van der Waals surface area contributed by atoms with Crippen LogP contribution in [0.5, 0.6) is 11.5 Å². The highest BCUT2D eigenvalue weighted by Crippen LogP contribution is 2.28. The van der Waals surface area contributed by atoms with Gasteiger partial charge >= 0.3 is 0 Å². The summed E-state index contributed by atoms with van der Waals surface area (Å²) >= 11 is 5.91. The molecule has 0 amide bonds. The predicted octanol–water partition coefficient (Wildman–Crippen LogP) is 5.03. The Morgan fingerprint density at radius 2 is 1.64 bits per heavy atom. The van der Waals surface area contributed by atoms with Gasteiger partial charge in [-0.1, -0.05) is 23.7 Å². The van der Waals surface area contributed by atoms with E-state index in [1.807, 2.05) is 62.4 Å². The molecule has 0 N–H and O–H groups in total. The number of methoxy groups -OCH3 is 1. The smallest absolute Gasteiger partial charge is 0.184 e. The average molecular weight is 407 g/mol. The van der Waals surface area contributed by atoms with Crippen LogP contribution in [-0.2, 0) is 14.2 Å². The lowest BCUT2D eigenvalue weighted by Crippen LogP contribution is -2.25. The van der Waals surface area contributed by atoms with Crippen LogP contribution in [0.2, 0.25) is 5.02 Å². The molecular weight excluding hydrogens is 380 g/mol. The molecule has 3 rings (SSSR count). The van der Waals surface area contributed by atoms with Crippen molar-refractivity contribution in [1.82, 2.24) is 0 Å². The van der Waals surface area contributed by atoms with Crippen LogP contribution in [0.25, 0.3) is 0 Å². The molecule has 1 aliphatic heterocycles. The summed E-state index contributed by atoms with van der Waals surface area (Å²) in [6, 6.07) is 15.0. The van der Waals surface area contributed by atoms with E-state index in [9.17, 15) is 0 Å². The molecule has 0 saturated carbocycles. The molecule has 5 nitrogen and oxygen atoms in total. The van der Waals surface area contributed by atoms with Gasteiger partial charge in [0, 0.05) is 24.1 Å². The molecule has 1 aliphatic rings. The Balaban J connectivity index is 1.41. The van der Waals surface area contributed by atoms with Crippen LogP contribution in [-0.4, -0.2) is 38.6 Å². The maximum Gasteiger partial charge on any atom is 0.184 e. The Kier molecular flexibility index (Phi) is 7.18. The first-order chi connectivity index (χ1) is 13.4. The molecule has 0 aromatic heterocycles. The summed E-state index contributed by atoms with van der Waals surface area (Å²) in [4.78, 5) is 0. The van der Waals surface area contributed by atoms with Gasteiger partial charge in [0.2, 0.25) is 0 Å². The zero-order valence-corrected chi connectivity index (χ0v) is 17.3. The van der Waals surface area contributed by atoms with E-state index in [4.69, 9.17) is 35.3 Å². The number of hydrogen-bond donors (Lipinski definition) is 0. The standard InChI is InChI=1S/C22H27ClO5/c1-22(2,24-3)12-13-25-18-8-10-19(11-9-18)26-14-20-15-27-21(28-20)16-4-6-17(23)7-5-16/h4-11,20-21H,12-15H2,1-3H3. The minimum atomic E-state index is -0.377. The lowest BCUT2D eigenvalue weighted by molar-refractivity contribution is -0.0659. The van der Waals surface area contributed by atoms with Gasteiger partial charge < -0.3 is 23.7 Å². The lowest BCUT2D eigenvalue weighted by atomic mass is 10.1. The summed E-state index contributed by atoms with van der Waals surface area (Å²) in [5.41, 5.74) is 0.765. The number of benzene rings is 2. The summed E-state index contributed by atoms with van der Waals surface area (Å²) < 4.78 is 28.6. The van der Waals surface area contributed by atoms with Gasteiger partial charge in [-0.2, -0.15) is 0 Å². The Morgan fingerprint density at radius 3 is 2.29 bits per heavy atom. The van der Waals surface area contributed by atoms with Crippen LogP contribution >= 0.6 is 11.6 Å². The molecule has 2 atom stereocenters. The minimum Gasteiger partial charge on any atom is -0.493 e. The summed E-state index contributed by atoms with van der Waals surface area (Å²) in [6.45, 7) is 5.59. The van der Waals surface area contributed by atoms with E-state index in [1.54, 1.807) is 7.11 Å².